The Morgan fingerprint density at radius 3 is 2.74 bits per heavy atom. The molecule has 0 bridgehead atoms. The number of hydrogen-bond donors (Lipinski definition) is 2. The molecule has 134 valence electrons. The Kier molecular flexibility index (Phi) is 4.83. The van der Waals surface area contributed by atoms with Crippen LogP contribution in [0.4, 0.5) is 5.69 Å². The number of nitrogens with zero attached hydrogens (tertiary/aromatic N) is 2. The molecule has 0 atom stereocenters. The van der Waals surface area contributed by atoms with Crippen molar-refractivity contribution < 1.29 is 4.79 Å². The van der Waals surface area contributed by atoms with E-state index in [4.69, 9.17) is 0 Å². The summed E-state index contributed by atoms with van der Waals surface area (Å²) in [5.74, 6) is 0.655. The van der Waals surface area contributed by atoms with Crippen LogP contribution in [0, 0.1) is 0 Å². The quantitative estimate of drug-likeness (QED) is 0.539. The highest BCUT2D eigenvalue weighted by Gasteiger charge is 2.12. The number of imidazole rings is 1. The maximum absolute atomic E-state index is 12.7. The molecule has 0 unspecified atom stereocenters. The van der Waals surface area contributed by atoms with Crippen LogP contribution in [0.15, 0.2) is 85.3 Å². The van der Waals surface area contributed by atoms with Crippen molar-refractivity contribution in [2.75, 3.05) is 5.32 Å². The molecular weight excluding hydrogens is 336 g/mol. The van der Waals surface area contributed by atoms with Gasteiger partial charge in [0.15, 0.2) is 0 Å². The topological polar surface area (TPSA) is 62.7 Å². The largest absolute Gasteiger partial charge is 0.345 e. The van der Waals surface area contributed by atoms with Crippen LogP contribution in [-0.4, -0.2) is 20.4 Å². The summed E-state index contributed by atoms with van der Waals surface area (Å²) in [5, 5.41) is 2.98. The second kappa shape index (κ2) is 7.74. The Balaban J connectivity index is 1.46. The van der Waals surface area contributed by atoms with E-state index in [0.29, 0.717) is 5.69 Å². The van der Waals surface area contributed by atoms with Crippen molar-refractivity contribution in [3.05, 3.63) is 96.6 Å². The first kappa shape index (κ1) is 16.8. The molecule has 5 nitrogen and oxygen atoms in total. The molecule has 0 saturated heterocycles. The number of anilines is 1. The highest BCUT2D eigenvalue weighted by Crippen LogP contribution is 2.20. The Hall–Kier alpha value is -3.60. The molecule has 2 heterocycles. The monoisotopic (exact) mass is 356 g/mol. The highest BCUT2D eigenvalue weighted by atomic mass is 16.1. The zero-order valence-electron chi connectivity index (χ0n) is 14.8. The molecule has 2 aromatic carbocycles. The molecule has 0 saturated carbocycles. The van der Waals surface area contributed by atoms with Crippen LogP contribution in [0.3, 0.4) is 0 Å². The lowest BCUT2D eigenvalue weighted by atomic mass is 10.1. The minimum atomic E-state index is -0.121. The Morgan fingerprint density at radius 2 is 1.93 bits per heavy atom. The van der Waals surface area contributed by atoms with Crippen molar-refractivity contribution in [1.82, 2.24) is 14.5 Å². The minimum absolute atomic E-state index is 0.121. The summed E-state index contributed by atoms with van der Waals surface area (Å²) in [6, 6.07) is 21.7. The van der Waals surface area contributed by atoms with Crippen molar-refractivity contribution in [1.29, 1.82) is 0 Å². The zero-order valence-corrected chi connectivity index (χ0v) is 14.8. The minimum Gasteiger partial charge on any atom is -0.345 e. The molecule has 0 spiro atoms. The van der Waals surface area contributed by atoms with Crippen molar-refractivity contribution in [2.24, 2.45) is 0 Å². The third-order valence-corrected chi connectivity index (χ3v) is 4.44. The molecule has 0 radical (unpaired) electrons. The van der Waals surface area contributed by atoms with Gasteiger partial charge in [0, 0.05) is 36.4 Å². The van der Waals surface area contributed by atoms with E-state index in [2.05, 4.69) is 27.4 Å². The number of hydrogen-bond acceptors (Lipinski definition) is 2. The van der Waals surface area contributed by atoms with E-state index in [9.17, 15) is 4.79 Å². The fourth-order valence-electron chi connectivity index (χ4n) is 3.07. The van der Waals surface area contributed by atoms with Crippen molar-refractivity contribution in [2.45, 2.75) is 13.0 Å². The van der Waals surface area contributed by atoms with Crippen molar-refractivity contribution >= 4 is 11.6 Å². The van der Waals surface area contributed by atoms with Gasteiger partial charge < -0.3 is 14.9 Å². The predicted molar refractivity (Wildman–Crippen MR) is 107 cm³/mol. The van der Waals surface area contributed by atoms with E-state index in [1.807, 2.05) is 65.4 Å². The lowest BCUT2D eigenvalue weighted by Gasteiger charge is -2.11. The van der Waals surface area contributed by atoms with Gasteiger partial charge in [-0.05, 0) is 36.2 Å². The molecule has 0 fully saturated rings. The van der Waals surface area contributed by atoms with Crippen LogP contribution in [0.25, 0.3) is 11.4 Å². The maximum atomic E-state index is 12.7. The molecular formula is C22H20N4O. The molecule has 2 aromatic heterocycles. The smallest absolute Gasteiger partial charge is 0.272 e. The second-order valence-corrected chi connectivity index (χ2v) is 6.30. The molecule has 1 amide bonds. The maximum Gasteiger partial charge on any atom is 0.272 e. The Bertz CT molecular complexity index is 1020. The third kappa shape index (κ3) is 3.98. The third-order valence-electron chi connectivity index (χ3n) is 4.44. The number of aromatic nitrogens is 3. The van der Waals surface area contributed by atoms with E-state index in [1.165, 1.54) is 5.56 Å². The van der Waals surface area contributed by atoms with Crippen LogP contribution in [0.1, 0.15) is 16.1 Å². The van der Waals surface area contributed by atoms with Crippen molar-refractivity contribution in [3.8, 4) is 11.4 Å². The molecule has 27 heavy (non-hydrogen) atoms. The molecule has 5 heteroatoms. The first-order valence-corrected chi connectivity index (χ1v) is 8.90. The van der Waals surface area contributed by atoms with Gasteiger partial charge >= 0.3 is 0 Å². The zero-order chi connectivity index (χ0) is 18.5. The van der Waals surface area contributed by atoms with Crippen LogP contribution in [0.5, 0.6) is 0 Å². The van der Waals surface area contributed by atoms with E-state index >= 15 is 0 Å². The van der Waals surface area contributed by atoms with Crippen LogP contribution in [-0.2, 0) is 13.0 Å². The van der Waals surface area contributed by atoms with Gasteiger partial charge in [-0.2, -0.15) is 0 Å². The number of benzene rings is 2. The summed E-state index contributed by atoms with van der Waals surface area (Å²) < 4.78 is 1.98. The number of carbonyl (C=O) groups excluding carboxylic acids is 1. The molecule has 0 aliphatic carbocycles. The summed E-state index contributed by atoms with van der Waals surface area (Å²) in [5.41, 5.74) is 3.57. The average molecular weight is 356 g/mol. The van der Waals surface area contributed by atoms with Crippen molar-refractivity contribution in [3.63, 3.8) is 0 Å². The molecule has 4 rings (SSSR count). The van der Waals surface area contributed by atoms with Crippen LogP contribution < -0.4 is 5.32 Å². The van der Waals surface area contributed by atoms with Gasteiger partial charge in [-0.1, -0.05) is 42.5 Å². The van der Waals surface area contributed by atoms with Gasteiger partial charge in [0.05, 0.1) is 0 Å². The summed E-state index contributed by atoms with van der Waals surface area (Å²) in [4.78, 5) is 20.1. The summed E-state index contributed by atoms with van der Waals surface area (Å²) in [7, 11) is 0. The molecule has 0 aliphatic heterocycles. The number of rotatable bonds is 6. The number of H-pyrrole nitrogens is 1. The van der Waals surface area contributed by atoms with E-state index in [0.717, 1.165) is 30.0 Å². The summed E-state index contributed by atoms with van der Waals surface area (Å²) in [6.45, 7) is 0.756. The van der Waals surface area contributed by atoms with Gasteiger partial charge in [0.25, 0.3) is 5.91 Å². The summed E-state index contributed by atoms with van der Waals surface area (Å²) in [6.07, 6.45) is 6.31. The van der Waals surface area contributed by atoms with Gasteiger partial charge in [0.1, 0.15) is 11.5 Å². The Morgan fingerprint density at radius 1 is 1.04 bits per heavy atom. The number of aromatic amines is 1. The molecule has 2 N–H and O–H groups in total. The summed E-state index contributed by atoms with van der Waals surface area (Å²) >= 11 is 0. The first-order chi connectivity index (χ1) is 13.3. The lowest BCUT2D eigenvalue weighted by molar-refractivity contribution is 0.101. The van der Waals surface area contributed by atoms with E-state index in [1.54, 1.807) is 12.4 Å². The van der Waals surface area contributed by atoms with Gasteiger partial charge in [0.2, 0.25) is 0 Å². The fraction of sp³-hybridized carbons (Fsp3) is 0.0909. The Labute approximate surface area is 157 Å². The SMILES string of the molecule is O=C(Nc1cccc(-c2ncc[nH]2)c1)c1cccn1CCc1ccccc1. The van der Waals surface area contributed by atoms with E-state index < -0.39 is 0 Å². The predicted octanol–water partition coefficient (Wildman–Crippen LogP) is 4.37. The molecule has 0 aliphatic rings. The number of amides is 1. The van der Waals surface area contributed by atoms with Gasteiger partial charge in [-0.25, -0.2) is 4.98 Å². The lowest BCUT2D eigenvalue weighted by Crippen LogP contribution is -2.17. The number of aryl methyl sites for hydroxylation is 2. The fourth-order valence-corrected chi connectivity index (χ4v) is 3.07. The number of nitrogens with one attached hydrogen (secondary N) is 2. The normalized spacial score (nSPS) is 10.7. The van der Waals surface area contributed by atoms with Crippen LogP contribution >= 0.6 is 0 Å². The van der Waals surface area contributed by atoms with E-state index in [-0.39, 0.29) is 5.91 Å². The highest BCUT2D eigenvalue weighted by molar-refractivity contribution is 6.03. The molecule has 4 aromatic rings. The average Bonchev–Trinajstić information content (AvgIpc) is 3.39. The second-order valence-electron chi connectivity index (χ2n) is 6.30. The van der Waals surface area contributed by atoms with Gasteiger partial charge in [-0.15, -0.1) is 0 Å². The van der Waals surface area contributed by atoms with Gasteiger partial charge in [-0.3, -0.25) is 4.79 Å². The standard InChI is InChI=1S/C22H20N4O/c27-22(25-19-9-4-8-18(16-19)21-23-12-13-24-21)20-10-5-14-26(20)15-11-17-6-2-1-3-7-17/h1-10,12-14,16H,11,15H2,(H,23,24)(H,25,27). The van der Waals surface area contributed by atoms with Crippen LogP contribution in [0.2, 0.25) is 0 Å². The number of carbonyl (C=O) groups is 1. The first-order valence-electron chi connectivity index (χ1n) is 8.90.